The van der Waals surface area contributed by atoms with E-state index in [-0.39, 0.29) is 12.3 Å². The molecule has 0 saturated heterocycles. The molecule has 1 unspecified atom stereocenters. The van der Waals surface area contributed by atoms with Gasteiger partial charge in [0, 0.05) is 6.54 Å². The number of hydrogen-bond donors (Lipinski definition) is 1. The molecule has 0 saturated carbocycles. The minimum Gasteiger partial charge on any atom is -0.481 e. The van der Waals surface area contributed by atoms with Crippen molar-refractivity contribution in [2.24, 2.45) is 0 Å². The fourth-order valence-corrected chi connectivity index (χ4v) is 2.18. The molecular formula is C14H17NO4. The summed E-state index contributed by atoms with van der Waals surface area (Å²) in [6.45, 7) is 4.47. The molecule has 1 N–H and O–H groups in total. The van der Waals surface area contributed by atoms with Crippen LogP contribution in [0.5, 0.6) is 5.75 Å². The monoisotopic (exact) mass is 263 g/mol. The Labute approximate surface area is 111 Å². The average Bonchev–Trinajstić information content (AvgIpc) is 2.33. The van der Waals surface area contributed by atoms with Crippen LogP contribution in [0.15, 0.2) is 18.2 Å². The number of aryl methyl sites for hydroxylation is 1. The molecule has 0 spiro atoms. The molecule has 1 aromatic carbocycles. The molecule has 5 nitrogen and oxygen atoms in total. The number of carbonyl (C=O) groups is 2. The zero-order chi connectivity index (χ0) is 14.0. The molecule has 19 heavy (non-hydrogen) atoms. The summed E-state index contributed by atoms with van der Waals surface area (Å²) in [6, 6.07) is 5.59. The van der Waals surface area contributed by atoms with Gasteiger partial charge in [0.25, 0.3) is 5.91 Å². The Morgan fingerprint density at radius 1 is 1.47 bits per heavy atom. The van der Waals surface area contributed by atoms with Crippen LogP contribution in [0.25, 0.3) is 0 Å². The molecule has 0 aliphatic carbocycles. The van der Waals surface area contributed by atoms with Crippen molar-refractivity contribution in [1.29, 1.82) is 0 Å². The maximum atomic E-state index is 12.2. The fourth-order valence-electron chi connectivity index (χ4n) is 2.18. The SMILES string of the molecule is CCCN1C(=O)C(CC(=O)O)Oc2cc(C)ccc21. The summed E-state index contributed by atoms with van der Waals surface area (Å²) in [5.74, 6) is -0.731. The van der Waals surface area contributed by atoms with Crippen molar-refractivity contribution in [2.75, 3.05) is 11.4 Å². The summed E-state index contributed by atoms with van der Waals surface area (Å²) in [4.78, 5) is 24.7. The zero-order valence-corrected chi connectivity index (χ0v) is 11.0. The highest BCUT2D eigenvalue weighted by Gasteiger charge is 2.35. The fraction of sp³-hybridized carbons (Fsp3) is 0.429. The molecule has 1 aromatic rings. The second kappa shape index (κ2) is 5.30. The van der Waals surface area contributed by atoms with E-state index in [1.54, 1.807) is 4.90 Å². The Kier molecular flexibility index (Phi) is 3.74. The first-order valence-corrected chi connectivity index (χ1v) is 6.33. The van der Waals surface area contributed by atoms with Gasteiger partial charge in [0.1, 0.15) is 5.75 Å². The highest BCUT2D eigenvalue weighted by Crippen LogP contribution is 2.35. The molecule has 5 heteroatoms. The Bertz CT molecular complexity index is 512. The average molecular weight is 263 g/mol. The van der Waals surface area contributed by atoms with Gasteiger partial charge in [0.2, 0.25) is 0 Å². The number of aliphatic carboxylic acids is 1. The van der Waals surface area contributed by atoms with E-state index in [1.165, 1.54) is 0 Å². The molecule has 1 atom stereocenters. The van der Waals surface area contributed by atoms with Gasteiger partial charge in [0.05, 0.1) is 12.1 Å². The van der Waals surface area contributed by atoms with E-state index in [0.29, 0.717) is 12.3 Å². The minimum atomic E-state index is -1.04. The molecule has 1 amide bonds. The Hall–Kier alpha value is -2.04. The van der Waals surface area contributed by atoms with Gasteiger partial charge in [-0.3, -0.25) is 9.59 Å². The third-order valence-corrected chi connectivity index (χ3v) is 3.02. The molecule has 1 heterocycles. The molecular weight excluding hydrogens is 246 g/mol. The van der Waals surface area contributed by atoms with Gasteiger partial charge in [-0.05, 0) is 31.0 Å². The van der Waals surface area contributed by atoms with Gasteiger partial charge >= 0.3 is 5.97 Å². The van der Waals surface area contributed by atoms with Crippen LogP contribution in [0.4, 0.5) is 5.69 Å². The number of benzene rings is 1. The van der Waals surface area contributed by atoms with Crippen molar-refractivity contribution in [1.82, 2.24) is 0 Å². The van der Waals surface area contributed by atoms with Gasteiger partial charge in [-0.15, -0.1) is 0 Å². The minimum absolute atomic E-state index is 0.277. The number of hydrogen-bond acceptors (Lipinski definition) is 3. The summed E-state index contributed by atoms with van der Waals surface area (Å²) >= 11 is 0. The number of carboxylic acids is 1. The van der Waals surface area contributed by atoms with Gasteiger partial charge in [-0.2, -0.15) is 0 Å². The van der Waals surface area contributed by atoms with Crippen molar-refractivity contribution < 1.29 is 19.4 Å². The summed E-state index contributed by atoms with van der Waals surface area (Å²) in [5, 5.41) is 8.85. The van der Waals surface area contributed by atoms with Crippen LogP contribution in [0, 0.1) is 6.92 Å². The Morgan fingerprint density at radius 2 is 2.21 bits per heavy atom. The molecule has 2 rings (SSSR count). The number of carboxylic acid groups (broad SMARTS) is 1. The second-order valence-electron chi connectivity index (χ2n) is 4.67. The predicted octanol–water partition coefficient (Wildman–Crippen LogP) is 1.97. The van der Waals surface area contributed by atoms with Crippen molar-refractivity contribution in [2.45, 2.75) is 32.8 Å². The highest BCUT2D eigenvalue weighted by molar-refractivity contribution is 6.01. The first-order valence-electron chi connectivity index (χ1n) is 6.33. The largest absolute Gasteiger partial charge is 0.481 e. The molecule has 0 radical (unpaired) electrons. The smallest absolute Gasteiger partial charge is 0.307 e. The van der Waals surface area contributed by atoms with Crippen molar-refractivity contribution in [3.8, 4) is 5.75 Å². The Balaban J connectivity index is 2.38. The van der Waals surface area contributed by atoms with Crippen LogP contribution in [0.3, 0.4) is 0 Å². The highest BCUT2D eigenvalue weighted by atomic mass is 16.5. The van der Waals surface area contributed by atoms with E-state index >= 15 is 0 Å². The van der Waals surface area contributed by atoms with Crippen molar-refractivity contribution in [3.63, 3.8) is 0 Å². The normalized spacial score (nSPS) is 17.9. The third-order valence-electron chi connectivity index (χ3n) is 3.02. The van der Waals surface area contributed by atoms with Crippen LogP contribution < -0.4 is 9.64 Å². The van der Waals surface area contributed by atoms with E-state index in [2.05, 4.69) is 0 Å². The summed E-state index contributed by atoms with van der Waals surface area (Å²) in [5.41, 5.74) is 1.73. The van der Waals surface area contributed by atoms with Gasteiger partial charge in [-0.25, -0.2) is 0 Å². The number of nitrogens with zero attached hydrogens (tertiary/aromatic N) is 1. The molecule has 0 fully saturated rings. The number of amides is 1. The van der Waals surface area contributed by atoms with Crippen LogP contribution in [-0.4, -0.2) is 29.6 Å². The van der Waals surface area contributed by atoms with Crippen LogP contribution in [0.2, 0.25) is 0 Å². The van der Waals surface area contributed by atoms with Crippen molar-refractivity contribution in [3.05, 3.63) is 23.8 Å². The van der Waals surface area contributed by atoms with Crippen LogP contribution >= 0.6 is 0 Å². The van der Waals surface area contributed by atoms with E-state index in [1.807, 2.05) is 32.0 Å². The lowest BCUT2D eigenvalue weighted by Crippen LogP contribution is -2.47. The summed E-state index contributed by atoms with van der Waals surface area (Å²) < 4.78 is 5.54. The standard InChI is InChI=1S/C14H17NO4/c1-3-6-15-10-5-4-9(2)7-11(10)19-12(14(15)18)8-13(16)17/h4-5,7,12H,3,6,8H2,1-2H3,(H,16,17). The first kappa shape index (κ1) is 13.4. The van der Waals surface area contributed by atoms with E-state index < -0.39 is 12.1 Å². The summed E-state index contributed by atoms with van der Waals surface area (Å²) in [7, 11) is 0. The second-order valence-corrected chi connectivity index (χ2v) is 4.67. The van der Waals surface area contributed by atoms with Crippen LogP contribution in [0.1, 0.15) is 25.3 Å². The lowest BCUT2D eigenvalue weighted by atomic mass is 10.1. The summed E-state index contributed by atoms with van der Waals surface area (Å²) in [6.07, 6.45) is -0.441. The lowest BCUT2D eigenvalue weighted by molar-refractivity contribution is -0.142. The van der Waals surface area contributed by atoms with E-state index in [4.69, 9.17) is 9.84 Å². The van der Waals surface area contributed by atoms with Crippen molar-refractivity contribution >= 4 is 17.6 Å². The quantitative estimate of drug-likeness (QED) is 0.902. The van der Waals surface area contributed by atoms with Gasteiger partial charge in [-0.1, -0.05) is 13.0 Å². The van der Waals surface area contributed by atoms with E-state index in [9.17, 15) is 9.59 Å². The first-order chi connectivity index (χ1) is 9.02. The molecule has 0 aromatic heterocycles. The maximum absolute atomic E-state index is 12.2. The zero-order valence-electron chi connectivity index (χ0n) is 11.0. The maximum Gasteiger partial charge on any atom is 0.307 e. The number of anilines is 1. The Morgan fingerprint density at radius 3 is 2.84 bits per heavy atom. The number of fused-ring (bicyclic) bond motifs is 1. The topological polar surface area (TPSA) is 66.8 Å². The number of ether oxygens (including phenoxy) is 1. The van der Waals surface area contributed by atoms with Gasteiger partial charge < -0.3 is 14.7 Å². The number of rotatable bonds is 4. The van der Waals surface area contributed by atoms with Gasteiger partial charge in [0.15, 0.2) is 6.10 Å². The van der Waals surface area contributed by atoms with E-state index in [0.717, 1.165) is 17.7 Å². The molecule has 102 valence electrons. The number of carbonyl (C=O) groups excluding carboxylic acids is 1. The molecule has 1 aliphatic rings. The predicted molar refractivity (Wildman–Crippen MR) is 70.5 cm³/mol. The lowest BCUT2D eigenvalue weighted by Gasteiger charge is -2.34. The third kappa shape index (κ3) is 2.70. The van der Waals surface area contributed by atoms with Crippen LogP contribution in [-0.2, 0) is 9.59 Å². The molecule has 0 bridgehead atoms. The molecule has 1 aliphatic heterocycles.